The van der Waals surface area contributed by atoms with E-state index in [0.717, 1.165) is 30.2 Å². The number of carbonyl (C=O) groups is 1. The molecule has 2 aromatic carbocycles. The van der Waals surface area contributed by atoms with E-state index in [1.165, 1.54) is 0 Å². The van der Waals surface area contributed by atoms with E-state index in [4.69, 9.17) is 11.6 Å². The smallest absolute Gasteiger partial charge is 0.229 e. The first kappa shape index (κ1) is 20.3. The minimum absolute atomic E-state index is 0.0117. The molecule has 0 unspecified atom stereocenters. The molecule has 2 aromatic rings. The third-order valence-electron chi connectivity index (χ3n) is 3.80. The maximum Gasteiger partial charge on any atom is 0.229 e. The minimum atomic E-state index is -3.25. The standard InChI is InChI=1S/C19H23ClN2O3S/c1-26(24,25)22-17-11-8-15(9-12-17)5-4-14-21-19(23)13-10-16-6-2-3-7-18(16)20/h2-3,6-9,11-12,22H,4-5,10,13-14H2,1H3,(H,21,23). The largest absolute Gasteiger partial charge is 0.356 e. The van der Waals surface area contributed by atoms with E-state index >= 15 is 0 Å². The summed E-state index contributed by atoms with van der Waals surface area (Å²) in [5, 5.41) is 3.60. The summed E-state index contributed by atoms with van der Waals surface area (Å²) in [5.74, 6) is 0.0117. The molecule has 26 heavy (non-hydrogen) atoms. The lowest BCUT2D eigenvalue weighted by Gasteiger charge is -2.07. The monoisotopic (exact) mass is 394 g/mol. The fourth-order valence-electron chi connectivity index (χ4n) is 2.51. The molecule has 2 N–H and O–H groups in total. The molecule has 0 aliphatic heterocycles. The summed E-state index contributed by atoms with van der Waals surface area (Å²) in [6.45, 7) is 0.602. The highest BCUT2D eigenvalue weighted by molar-refractivity contribution is 7.92. The number of hydrogen-bond acceptors (Lipinski definition) is 3. The highest BCUT2D eigenvalue weighted by atomic mass is 35.5. The second kappa shape index (κ2) is 9.59. The molecule has 0 atom stereocenters. The van der Waals surface area contributed by atoms with Crippen LogP contribution in [0.15, 0.2) is 48.5 Å². The van der Waals surface area contributed by atoms with Crippen molar-refractivity contribution in [2.75, 3.05) is 17.5 Å². The number of anilines is 1. The molecule has 0 spiro atoms. The van der Waals surface area contributed by atoms with E-state index in [0.29, 0.717) is 30.1 Å². The topological polar surface area (TPSA) is 75.3 Å². The summed E-state index contributed by atoms with van der Waals surface area (Å²) in [4.78, 5) is 11.9. The van der Waals surface area contributed by atoms with E-state index in [1.807, 2.05) is 36.4 Å². The Balaban J connectivity index is 1.66. The number of hydrogen-bond donors (Lipinski definition) is 2. The van der Waals surface area contributed by atoms with Crippen LogP contribution in [0.2, 0.25) is 5.02 Å². The first-order chi connectivity index (χ1) is 12.3. The van der Waals surface area contributed by atoms with Gasteiger partial charge in [-0.05, 0) is 48.6 Å². The predicted octanol–water partition coefficient (Wildman–Crippen LogP) is 3.39. The summed E-state index contributed by atoms with van der Waals surface area (Å²) in [6, 6.07) is 14.8. The fourth-order valence-corrected chi connectivity index (χ4v) is 3.31. The Hall–Kier alpha value is -2.05. The predicted molar refractivity (Wildman–Crippen MR) is 106 cm³/mol. The zero-order valence-corrected chi connectivity index (χ0v) is 16.2. The maximum absolute atomic E-state index is 11.9. The molecule has 5 nitrogen and oxygen atoms in total. The van der Waals surface area contributed by atoms with Crippen LogP contribution in [0.4, 0.5) is 5.69 Å². The first-order valence-electron chi connectivity index (χ1n) is 8.40. The molecular formula is C19H23ClN2O3S. The molecular weight excluding hydrogens is 372 g/mol. The lowest BCUT2D eigenvalue weighted by Crippen LogP contribution is -2.25. The second-order valence-electron chi connectivity index (χ2n) is 6.12. The fraction of sp³-hybridized carbons (Fsp3) is 0.316. The van der Waals surface area contributed by atoms with E-state index < -0.39 is 10.0 Å². The van der Waals surface area contributed by atoms with Crippen molar-refractivity contribution in [2.45, 2.75) is 25.7 Å². The number of aryl methyl sites for hydroxylation is 2. The number of benzene rings is 2. The van der Waals surface area contributed by atoms with Gasteiger partial charge in [0, 0.05) is 23.7 Å². The number of halogens is 1. The Morgan fingerprint density at radius 2 is 1.73 bits per heavy atom. The van der Waals surface area contributed by atoms with Crippen molar-refractivity contribution >= 4 is 33.2 Å². The molecule has 0 aromatic heterocycles. The molecule has 0 radical (unpaired) electrons. The van der Waals surface area contributed by atoms with Gasteiger partial charge in [-0.15, -0.1) is 0 Å². The molecule has 2 rings (SSSR count). The number of rotatable bonds is 9. The number of carbonyl (C=O) groups excluding carboxylic acids is 1. The molecule has 7 heteroatoms. The van der Waals surface area contributed by atoms with Gasteiger partial charge < -0.3 is 5.32 Å². The lowest BCUT2D eigenvalue weighted by atomic mass is 10.1. The molecule has 0 bridgehead atoms. The van der Waals surface area contributed by atoms with Gasteiger partial charge in [-0.3, -0.25) is 9.52 Å². The van der Waals surface area contributed by atoms with E-state index in [-0.39, 0.29) is 5.91 Å². The Bertz CT molecular complexity index is 836. The number of amides is 1. The van der Waals surface area contributed by atoms with Crippen LogP contribution >= 0.6 is 11.6 Å². The van der Waals surface area contributed by atoms with Crippen molar-refractivity contribution in [2.24, 2.45) is 0 Å². The summed E-state index contributed by atoms with van der Waals surface area (Å²) in [7, 11) is -3.25. The first-order valence-corrected chi connectivity index (χ1v) is 10.7. The quantitative estimate of drug-likeness (QED) is 0.640. The van der Waals surface area contributed by atoms with Crippen LogP contribution in [0.5, 0.6) is 0 Å². The molecule has 140 valence electrons. The van der Waals surface area contributed by atoms with Crippen molar-refractivity contribution in [1.82, 2.24) is 5.32 Å². The number of sulfonamides is 1. The molecule has 0 saturated heterocycles. The van der Waals surface area contributed by atoms with Crippen LogP contribution in [0, 0.1) is 0 Å². The highest BCUT2D eigenvalue weighted by Crippen LogP contribution is 2.16. The summed E-state index contributed by atoms with van der Waals surface area (Å²) in [5.41, 5.74) is 2.62. The summed E-state index contributed by atoms with van der Waals surface area (Å²) < 4.78 is 24.8. The van der Waals surface area contributed by atoms with Gasteiger partial charge in [0.1, 0.15) is 0 Å². The van der Waals surface area contributed by atoms with Crippen LogP contribution in [0.25, 0.3) is 0 Å². The van der Waals surface area contributed by atoms with Gasteiger partial charge in [-0.1, -0.05) is 41.9 Å². The normalized spacial score (nSPS) is 11.2. The lowest BCUT2D eigenvalue weighted by molar-refractivity contribution is -0.121. The second-order valence-corrected chi connectivity index (χ2v) is 8.27. The van der Waals surface area contributed by atoms with Crippen LogP contribution in [0.1, 0.15) is 24.0 Å². The van der Waals surface area contributed by atoms with Crippen molar-refractivity contribution in [3.8, 4) is 0 Å². The average molecular weight is 395 g/mol. The SMILES string of the molecule is CS(=O)(=O)Nc1ccc(CCCNC(=O)CCc2ccccc2Cl)cc1. The molecule has 0 aliphatic carbocycles. The zero-order valence-electron chi connectivity index (χ0n) is 14.7. The average Bonchev–Trinajstić information content (AvgIpc) is 2.58. The Labute approximate surface area is 159 Å². The van der Waals surface area contributed by atoms with Crippen LogP contribution in [-0.2, 0) is 27.7 Å². The number of nitrogens with one attached hydrogen (secondary N) is 2. The van der Waals surface area contributed by atoms with Crippen molar-refractivity contribution in [1.29, 1.82) is 0 Å². The van der Waals surface area contributed by atoms with Gasteiger partial charge in [-0.2, -0.15) is 0 Å². The minimum Gasteiger partial charge on any atom is -0.356 e. The van der Waals surface area contributed by atoms with Crippen LogP contribution < -0.4 is 10.0 Å². The molecule has 0 aliphatic rings. The summed E-state index contributed by atoms with van der Waals surface area (Å²) >= 11 is 6.08. The van der Waals surface area contributed by atoms with Gasteiger partial charge in [-0.25, -0.2) is 8.42 Å². The van der Waals surface area contributed by atoms with Gasteiger partial charge in [0.25, 0.3) is 0 Å². The van der Waals surface area contributed by atoms with Gasteiger partial charge in [0.2, 0.25) is 15.9 Å². The molecule has 0 heterocycles. The third-order valence-corrected chi connectivity index (χ3v) is 4.78. The van der Waals surface area contributed by atoms with E-state index in [2.05, 4.69) is 10.0 Å². The summed E-state index contributed by atoms with van der Waals surface area (Å²) in [6.07, 6.45) is 3.78. The van der Waals surface area contributed by atoms with Crippen LogP contribution in [-0.4, -0.2) is 27.1 Å². The molecule has 0 saturated carbocycles. The molecule has 1 amide bonds. The highest BCUT2D eigenvalue weighted by Gasteiger charge is 2.05. The third kappa shape index (κ3) is 7.45. The van der Waals surface area contributed by atoms with Crippen molar-refractivity contribution in [3.05, 3.63) is 64.7 Å². The Morgan fingerprint density at radius 3 is 2.38 bits per heavy atom. The Kier molecular flexibility index (Phi) is 7.48. The molecule has 0 fully saturated rings. The van der Waals surface area contributed by atoms with Gasteiger partial charge in [0.15, 0.2) is 0 Å². The maximum atomic E-state index is 11.9. The van der Waals surface area contributed by atoms with Gasteiger partial charge in [0.05, 0.1) is 6.26 Å². The van der Waals surface area contributed by atoms with E-state index in [1.54, 1.807) is 12.1 Å². The van der Waals surface area contributed by atoms with Crippen molar-refractivity contribution in [3.63, 3.8) is 0 Å². The van der Waals surface area contributed by atoms with Crippen LogP contribution in [0.3, 0.4) is 0 Å². The Morgan fingerprint density at radius 1 is 1.04 bits per heavy atom. The van der Waals surface area contributed by atoms with E-state index in [9.17, 15) is 13.2 Å². The zero-order chi connectivity index (χ0) is 19.0. The van der Waals surface area contributed by atoms with Gasteiger partial charge >= 0.3 is 0 Å². The van der Waals surface area contributed by atoms with Crippen molar-refractivity contribution < 1.29 is 13.2 Å².